The Morgan fingerprint density at radius 3 is 2.50 bits per heavy atom. The van der Waals surface area contributed by atoms with Gasteiger partial charge in [0.25, 0.3) is 5.69 Å². The standard InChI is InChI=1S/C27H34N4O8S/c1-15-22-21(16(2)32)25(33)30(22)23(26(34)35)24(15)40-20-11-19(12-28-9-3-4-10-28)29(13-20)27(36)39-14-17-5-7-18(8-6-17)31(37)38/h5-8,15-16,19-22,32H,3-4,9-14H2,1-2H3,(H,34,35)/t15-,16-,19+,20+,21-,22-/m1/s1. The number of aliphatic hydroxyl groups is 1. The number of likely N-dealkylation sites (tertiary alicyclic amines) is 2. The van der Waals surface area contributed by atoms with Crippen molar-refractivity contribution in [2.24, 2.45) is 11.8 Å². The Kier molecular flexibility index (Phi) is 8.07. The Morgan fingerprint density at radius 2 is 1.90 bits per heavy atom. The molecule has 0 spiro atoms. The number of β-lactam (4-membered cyclic amide) rings is 1. The van der Waals surface area contributed by atoms with Gasteiger partial charge in [-0.15, -0.1) is 11.8 Å². The van der Waals surface area contributed by atoms with Crippen molar-refractivity contribution < 1.29 is 34.3 Å². The summed E-state index contributed by atoms with van der Waals surface area (Å²) in [5, 5.41) is 30.9. The number of carboxylic acid groups (broad SMARTS) is 1. The zero-order valence-electron chi connectivity index (χ0n) is 22.5. The van der Waals surface area contributed by atoms with Crippen LogP contribution in [-0.4, -0.2) is 97.4 Å². The Labute approximate surface area is 236 Å². The number of aliphatic carboxylic acids is 1. The van der Waals surface area contributed by atoms with Crippen molar-refractivity contribution in [1.82, 2.24) is 14.7 Å². The van der Waals surface area contributed by atoms with Crippen molar-refractivity contribution in [2.45, 2.75) is 63.2 Å². The fourth-order valence-electron chi connectivity index (χ4n) is 6.42. The Bertz CT molecular complexity index is 1220. The van der Waals surface area contributed by atoms with E-state index in [2.05, 4.69) is 4.90 Å². The van der Waals surface area contributed by atoms with E-state index in [4.69, 9.17) is 4.74 Å². The summed E-state index contributed by atoms with van der Waals surface area (Å²) in [6, 6.07) is 5.36. The van der Waals surface area contributed by atoms with E-state index in [0.29, 0.717) is 30.0 Å². The number of fused-ring (bicyclic) bond motifs is 1. The van der Waals surface area contributed by atoms with Crippen LogP contribution in [0.1, 0.15) is 38.7 Å². The summed E-state index contributed by atoms with van der Waals surface area (Å²) in [6.07, 6.45) is 1.52. The lowest BCUT2D eigenvalue weighted by Gasteiger charge is -2.46. The molecule has 3 saturated heterocycles. The van der Waals surface area contributed by atoms with Crippen molar-refractivity contribution in [3.05, 3.63) is 50.5 Å². The maximum Gasteiger partial charge on any atom is 0.410 e. The number of thioether (sulfide) groups is 1. The molecule has 40 heavy (non-hydrogen) atoms. The van der Waals surface area contributed by atoms with Crippen molar-refractivity contribution in [3.63, 3.8) is 0 Å². The number of ether oxygens (including phenoxy) is 1. The second kappa shape index (κ2) is 11.4. The Morgan fingerprint density at radius 1 is 1.23 bits per heavy atom. The van der Waals surface area contributed by atoms with Gasteiger partial charge in [-0.3, -0.25) is 14.9 Å². The molecule has 0 unspecified atom stereocenters. The average molecular weight is 575 g/mol. The number of amides is 2. The molecule has 0 saturated carbocycles. The number of carbonyl (C=O) groups is 3. The zero-order valence-corrected chi connectivity index (χ0v) is 23.3. The number of benzene rings is 1. The van der Waals surface area contributed by atoms with Gasteiger partial charge in [-0.25, -0.2) is 9.59 Å². The Hall–Kier alpha value is -3.16. The molecular weight excluding hydrogens is 540 g/mol. The molecule has 4 heterocycles. The van der Waals surface area contributed by atoms with Crippen LogP contribution in [0.4, 0.5) is 10.5 Å². The minimum Gasteiger partial charge on any atom is -0.477 e. The van der Waals surface area contributed by atoms with Crippen LogP contribution in [0.3, 0.4) is 0 Å². The predicted octanol–water partition coefficient (Wildman–Crippen LogP) is 2.66. The summed E-state index contributed by atoms with van der Waals surface area (Å²) < 4.78 is 5.61. The van der Waals surface area contributed by atoms with E-state index in [1.165, 1.54) is 28.8 Å². The van der Waals surface area contributed by atoms with E-state index in [1.807, 2.05) is 6.92 Å². The van der Waals surface area contributed by atoms with Crippen LogP contribution in [0, 0.1) is 22.0 Å². The molecule has 4 aliphatic heterocycles. The second-order valence-corrected chi connectivity index (χ2v) is 12.4. The topological polar surface area (TPSA) is 154 Å². The van der Waals surface area contributed by atoms with Gasteiger partial charge >= 0.3 is 12.1 Å². The van der Waals surface area contributed by atoms with Crippen LogP contribution in [0.2, 0.25) is 0 Å². The lowest BCUT2D eigenvalue weighted by atomic mass is 9.79. The smallest absolute Gasteiger partial charge is 0.410 e. The van der Waals surface area contributed by atoms with Crippen LogP contribution in [0.15, 0.2) is 34.9 Å². The number of rotatable bonds is 9. The molecule has 3 fully saturated rings. The molecule has 13 heteroatoms. The van der Waals surface area contributed by atoms with Gasteiger partial charge in [0.15, 0.2) is 0 Å². The molecule has 1 aromatic carbocycles. The van der Waals surface area contributed by atoms with E-state index in [0.717, 1.165) is 25.9 Å². The highest BCUT2D eigenvalue weighted by molar-refractivity contribution is 8.03. The summed E-state index contributed by atoms with van der Waals surface area (Å²) in [4.78, 5) is 54.6. The van der Waals surface area contributed by atoms with Gasteiger partial charge in [-0.2, -0.15) is 0 Å². The van der Waals surface area contributed by atoms with Crippen molar-refractivity contribution in [3.8, 4) is 0 Å². The van der Waals surface area contributed by atoms with E-state index >= 15 is 0 Å². The number of nitro benzene ring substituents is 1. The first-order chi connectivity index (χ1) is 19.1. The van der Waals surface area contributed by atoms with Crippen LogP contribution in [-0.2, 0) is 20.9 Å². The highest BCUT2D eigenvalue weighted by Gasteiger charge is 2.60. The summed E-state index contributed by atoms with van der Waals surface area (Å²) in [5.41, 5.74) is 0.584. The van der Waals surface area contributed by atoms with E-state index in [-0.39, 0.29) is 47.2 Å². The van der Waals surface area contributed by atoms with E-state index < -0.39 is 29.0 Å². The zero-order chi connectivity index (χ0) is 28.7. The summed E-state index contributed by atoms with van der Waals surface area (Å²) >= 11 is 1.42. The van der Waals surface area contributed by atoms with Crippen LogP contribution < -0.4 is 0 Å². The summed E-state index contributed by atoms with van der Waals surface area (Å²) in [7, 11) is 0. The minimum atomic E-state index is -1.17. The molecule has 0 radical (unpaired) electrons. The van der Waals surface area contributed by atoms with E-state index in [9.17, 15) is 34.7 Å². The SMILES string of the molecule is C[C@@H](O)[C@H]1C(=O)N2C(C(=O)O)=C(S[C@H]3C[C@@H](CN4CCCC4)N(C(=O)OCc4ccc([N+](=O)[O-])cc4)C3)[C@H](C)[C@H]12. The third kappa shape index (κ3) is 5.29. The van der Waals surface area contributed by atoms with Gasteiger partial charge in [0.1, 0.15) is 12.3 Å². The van der Waals surface area contributed by atoms with Crippen LogP contribution >= 0.6 is 11.8 Å². The van der Waals surface area contributed by atoms with Crippen molar-refractivity contribution in [2.75, 3.05) is 26.2 Å². The van der Waals surface area contributed by atoms with Crippen LogP contribution in [0.25, 0.3) is 0 Å². The number of aliphatic hydroxyl groups excluding tert-OH is 1. The molecule has 216 valence electrons. The number of carbonyl (C=O) groups excluding carboxylic acids is 2. The van der Waals surface area contributed by atoms with Gasteiger partial charge in [0.05, 0.1) is 23.0 Å². The number of nitrogens with zero attached hydrogens (tertiary/aromatic N) is 4. The highest BCUT2D eigenvalue weighted by atomic mass is 32.2. The normalized spacial score (nSPS) is 29.0. The van der Waals surface area contributed by atoms with Crippen LogP contribution in [0.5, 0.6) is 0 Å². The lowest BCUT2D eigenvalue weighted by Crippen LogP contribution is -2.63. The average Bonchev–Trinajstić information content (AvgIpc) is 3.61. The highest BCUT2D eigenvalue weighted by Crippen LogP contribution is 2.52. The molecule has 12 nitrogen and oxygen atoms in total. The molecule has 5 rings (SSSR count). The van der Waals surface area contributed by atoms with Gasteiger partial charge in [0, 0.05) is 47.3 Å². The molecule has 6 atom stereocenters. The first kappa shape index (κ1) is 28.4. The monoisotopic (exact) mass is 574 g/mol. The third-order valence-corrected chi connectivity index (χ3v) is 9.89. The third-order valence-electron chi connectivity index (χ3n) is 8.39. The number of non-ortho nitro benzene ring substituents is 1. The maximum absolute atomic E-state index is 13.3. The van der Waals surface area contributed by atoms with Crippen molar-refractivity contribution in [1.29, 1.82) is 0 Å². The summed E-state index contributed by atoms with van der Waals surface area (Å²) in [5.74, 6) is -2.40. The van der Waals surface area contributed by atoms with Gasteiger partial charge in [-0.1, -0.05) is 6.92 Å². The van der Waals surface area contributed by atoms with E-state index in [1.54, 1.807) is 24.0 Å². The lowest BCUT2D eigenvalue weighted by molar-refractivity contribution is -0.384. The van der Waals surface area contributed by atoms with Gasteiger partial charge in [0.2, 0.25) is 5.91 Å². The van der Waals surface area contributed by atoms with Crippen molar-refractivity contribution >= 4 is 35.4 Å². The molecule has 2 N–H and O–H groups in total. The van der Waals surface area contributed by atoms with Gasteiger partial charge in [-0.05, 0) is 57.0 Å². The number of hydrogen-bond acceptors (Lipinski definition) is 9. The molecule has 0 aliphatic carbocycles. The molecule has 0 bridgehead atoms. The first-order valence-electron chi connectivity index (χ1n) is 13.6. The maximum atomic E-state index is 13.3. The Balaban J connectivity index is 1.30. The minimum absolute atomic E-state index is 0.0142. The quantitative estimate of drug-likeness (QED) is 0.256. The molecule has 4 aliphatic rings. The fourth-order valence-corrected chi connectivity index (χ4v) is 7.98. The van der Waals surface area contributed by atoms with Gasteiger partial charge < -0.3 is 29.6 Å². The molecule has 0 aromatic heterocycles. The first-order valence-corrected chi connectivity index (χ1v) is 14.5. The number of carboxylic acids is 1. The predicted molar refractivity (Wildman–Crippen MR) is 145 cm³/mol. The number of hydrogen-bond donors (Lipinski definition) is 2. The fraction of sp³-hybridized carbons (Fsp3) is 0.593. The largest absolute Gasteiger partial charge is 0.477 e. The molecular formula is C27H34N4O8S. The molecule has 2 amide bonds. The molecule has 1 aromatic rings. The second-order valence-electron chi connectivity index (χ2n) is 11.0. The number of nitro groups is 1. The summed E-state index contributed by atoms with van der Waals surface area (Å²) in [6.45, 7) is 6.41.